The lowest BCUT2D eigenvalue weighted by Gasteiger charge is -2.22. The Morgan fingerprint density at radius 1 is 0.284 bits per heavy atom. The smallest absolute Gasteiger partial charge is 0.305 e. The first-order valence-electron chi connectivity index (χ1n) is 44.4. The number of hydrogen-bond donors (Lipinski definition) is 3. The highest BCUT2D eigenvalue weighted by molar-refractivity contribution is 5.76. The second-order valence-electron chi connectivity index (χ2n) is 30.9. The molecule has 0 saturated carbocycles. The van der Waals surface area contributed by atoms with Crippen molar-refractivity contribution in [3.8, 4) is 0 Å². The van der Waals surface area contributed by atoms with Gasteiger partial charge in [0.15, 0.2) is 0 Å². The highest BCUT2D eigenvalue weighted by atomic mass is 16.5. The number of esters is 1. The van der Waals surface area contributed by atoms with Gasteiger partial charge in [-0.15, -0.1) is 0 Å². The summed E-state index contributed by atoms with van der Waals surface area (Å²) in [5.41, 5.74) is 0. The number of ether oxygens (including phenoxy) is 1. The van der Waals surface area contributed by atoms with Crippen LogP contribution in [-0.2, 0) is 14.3 Å². The number of nitrogens with one attached hydrogen (secondary N) is 1. The van der Waals surface area contributed by atoms with Crippen LogP contribution in [0.4, 0.5) is 0 Å². The minimum Gasteiger partial charge on any atom is -0.466 e. The highest BCUT2D eigenvalue weighted by Gasteiger charge is 2.20. The van der Waals surface area contributed by atoms with Gasteiger partial charge in [-0.2, -0.15) is 0 Å². The summed E-state index contributed by atoms with van der Waals surface area (Å²) < 4.78 is 5.52. The van der Waals surface area contributed by atoms with Crippen molar-refractivity contribution < 1.29 is 24.5 Å². The zero-order valence-electron chi connectivity index (χ0n) is 65.2. The number of aliphatic hydroxyl groups is 2. The van der Waals surface area contributed by atoms with E-state index in [1.807, 2.05) is 0 Å². The molecule has 0 radical (unpaired) electrons. The number of amides is 1. The van der Waals surface area contributed by atoms with Crippen molar-refractivity contribution in [1.29, 1.82) is 0 Å². The normalized spacial score (nSPS) is 12.4. The fraction of sp³-hybridized carbons (Fsp3) is 0.955. The molecule has 0 fully saturated rings. The van der Waals surface area contributed by atoms with Gasteiger partial charge in [0.05, 0.1) is 25.4 Å². The standard InChI is InChI=1S/C89H175NO5/c1-3-5-7-9-11-13-15-17-19-21-22-23-43-46-50-53-57-61-65-69-73-77-81-87(92)86(85-91)90-88(93)82-78-74-70-66-62-58-54-51-47-44-41-39-37-35-33-31-29-27-25-24-26-28-30-32-34-36-38-40-42-45-48-52-56-60-64-68-72-76-80-84-95-89(94)83-79-75-71-67-63-59-55-49-20-18-16-14-12-10-8-6-4-2/h18,20,86-87,91-92H,3-17,19,21-85H2,1-2H3,(H,90,93)/b20-18-. The first-order chi connectivity index (χ1) is 47.0. The van der Waals surface area contributed by atoms with Crippen LogP contribution in [-0.4, -0.2) is 47.4 Å². The van der Waals surface area contributed by atoms with Crippen molar-refractivity contribution in [3.05, 3.63) is 12.2 Å². The van der Waals surface area contributed by atoms with Gasteiger partial charge in [0.2, 0.25) is 5.91 Å². The predicted octanol–water partition coefficient (Wildman–Crippen LogP) is 29.8. The van der Waals surface area contributed by atoms with E-state index in [1.54, 1.807) is 0 Å². The number of hydrogen-bond acceptors (Lipinski definition) is 5. The van der Waals surface area contributed by atoms with Gasteiger partial charge in [0, 0.05) is 12.8 Å². The van der Waals surface area contributed by atoms with Crippen LogP contribution in [0.25, 0.3) is 0 Å². The SMILES string of the molecule is CCCCCCCC/C=C\CCCCCCCCCC(=O)OCCCCCCCCCCCCCCCCCCCCCCCCCCCCCCCCCCCCCCCCCC(=O)NC(CO)C(O)CCCCCCCCCCCCCCCCCCCCCCCC. The molecule has 0 heterocycles. The summed E-state index contributed by atoms with van der Waals surface area (Å²) in [5.74, 6) is -0.000225. The Labute approximate surface area is 597 Å². The van der Waals surface area contributed by atoms with E-state index in [4.69, 9.17) is 4.74 Å². The maximum absolute atomic E-state index is 12.6. The minimum atomic E-state index is -0.661. The van der Waals surface area contributed by atoms with Crippen molar-refractivity contribution in [1.82, 2.24) is 5.32 Å². The number of aliphatic hydroxyl groups excluding tert-OH is 2. The van der Waals surface area contributed by atoms with Crippen LogP contribution in [0.15, 0.2) is 12.2 Å². The van der Waals surface area contributed by atoms with Crippen molar-refractivity contribution in [2.45, 2.75) is 533 Å². The molecule has 0 aliphatic rings. The summed E-state index contributed by atoms with van der Waals surface area (Å²) in [7, 11) is 0. The van der Waals surface area contributed by atoms with Crippen molar-refractivity contribution in [3.63, 3.8) is 0 Å². The lowest BCUT2D eigenvalue weighted by molar-refractivity contribution is -0.143. The van der Waals surface area contributed by atoms with Gasteiger partial charge < -0.3 is 20.3 Å². The molecule has 566 valence electrons. The van der Waals surface area contributed by atoms with Gasteiger partial charge in [0.25, 0.3) is 0 Å². The second kappa shape index (κ2) is 85.0. The molecule has 0 spiro atoms. The van der Waals surface area contributed by atoms with Gasteiger partial charge in [-0.25, -0.2) is 0 Å². The predicted molar refractivity (Wildman–Crippen MR) is 421 cm³/mol. The minimum absolute atomic E-state index is 0.0222. The van der Waals surface area contributed by atoms with Crippen molar-refractivity contribution >= 4 is 11.9 Å². The molecular weight excluding hydrogens is 1160 g/mol. The molecular formula is C89H175NO5. The summed E-state index contributed by atoms with van der Waals surface area (Å²) in [5, 5.41) is 23.5. The Kier molecular flexibility index (Phi) is 83.8. The van der Waals surface area contributed by atoms with Gasteiger partial charge in [-0.1, -0.05) is 469 Å². The van der Waals surface area contributed by atoms with E-state index in [1.165, 1.54) is 449 Å². The average Bonchev–Trinajstić information content (AvgIpc) is 3.51. The quantitative estimate of drug-likeness (QED) is 0.0320. The number of carbonyl (C=O) groups excluding carboxylic acids is 2. The molecule has 6 heteroatoms. The molecule has 0 rings (SSSR count). The zero-order chi connectivity index (χ0) is 68.4. The third-order valence-electron chi connectivity index (χ3n) is 21.3. The van der Waals surface area contributed by atoms with E-state index in [9.17, 15) is 19.8 Å². The number of rotatable bonds is 85. The monoisotopic (exact) mass is 1340 g/mol. The van der Waals surface area contributed by atoms with E-state index in [-0.39, 0.29) is 18.5 Å². The van der Waals surface area contributed by atoms with Crippen LogP contribution >= 0.6 is 0 Å². The van der Waals surface area contributed by atoms with Crippen LogP contribution in [0.5, 0.6) is 0 Å². The Morgan fingerprint density at radius 2 is 0.495 bits per heavy atom. The summed E-state index contributed by atoms with van der Waals surface area (Å²) in [6, 6.07) is -0.537. The van der Waals surface area contributed by atoms with Gasteiger partial charge in [0.1, 0.15) is 0 Å². The molecule has 95 heavy (non-hydrogen) atoms. The molecule has 0 aliphatic heterocycles. The van der Waals surface area contributed by atoms with Gasteiger partial charge in [-0.3, -0.25) is 9.59 Å². The number of carbonyl (C=O) groups is 2. The summed E-state index contributed by atoms with van der Waals surface area (Å²) in [6.07, 6.45) is 109. The summed E-state index contributed by atoms with van der Waals surface area (Å²) in [6.45, 7) is 5.02. The van der Waals surface area contributed by atoms with Crippen molar-refractivity contribution in [2.75, 3.05) is 13.2 Å². The third kappa shape index (κ3) is 81.5. The largest absolute Gasteiger partial charge is 0.466 e. The molecule has 0 aromatic heterocycles. The lowest BCUT2D eigenvalue weighted by Crippen LogP contribution is -2.45. The van der Waals surface area contributed by atoms with E-state index in [0.29, 0.717) is 25.9 Å². The lowest BCUT2D eigenvalue weighted by atomic mass is 10.0. The molecule has 0 aromatic carbocycles. The zero-order valence-corrected chi connectivity index (χ0v) is 65.2. The molecule has 0 aromatic rings. The van der Waals surface area contributed by atoms with Crippen molar-refractivity contribution in [2.24, 2.45) is 0 Å². The fourth-order valence-corrected chi connectivity index (χ4v) is 14.6. The summed E-state index contributed by atoms with van der Waals surface area (Å²) >= 11 is 0. The Hall–Kier alpha value is -1.40. The molecule has 6 nitrogen and oxygen atoms in total. The van der Waals surface area contributed by atoms with Crippen LogP contribution < -0.4 is 5.32 Å². The Bertz CT molecular complexity index is 1450. The maximum atomic E-state index is 12.6. The van der Waals surface area contributed by atoms with Gasteiger partial charge >= 0.3 is 5.97 Å². The van der Waals surface area contributed by atoms with E-state index < -0.39 is 12.1 Å². The molecule has 0 aliphatic carbocycles. The topological polar surface area (TPSA) is 95.9 Å². The average molecular weight is 1340 g/mol. The van der Waals surface area contributed by atoms with Crippen LogP contribution in [0.3, 0.4) is 0 Å². The van der Waals surface area contributed by atoms with E-state index >= 15 is 0 Å². The molecule has 2 atom stereocenters. The molecule has 0 bridgehead atoms. The number of unbranched alkanes of at least 4 members (excludes halogenated alkanes) is 72. The Balaban J connectivity index is 3.29. The second-order valence-corrected chi connectivity index (χ2v) is 30.9. The van der Waals surface area contributed by atoms with Crippen LogP contribution in [0, 0.1) is 0 Å². The molecule has 3 N–H and O–H groups in total. The van der Waals surface area contributed by atoms with E-state index in [2.05, 4.69) is 31.3 Å². The molecule has 1 amide bonds. The first-order valence-corrected chi connectivity index (χ1v) is 44.4. The van der Waals surface area contributed by atoms with Crippen LogP contribution in [0.1, 0.15) is 521 Å². The molecule has 2 unspecified atom stereocenters. The maximum Gasteiger partial charge on any atom is 0.305 e. The summed E-state index contributed by atoms with van der Waals surface area (Å²) in [4.78, 5) is 24.7. The fourth-order valence-electron chi connectivity index (χ4n) is 14.6. The first kappa shape index (κ1) is 93.6. The Morgan fingerprint density at radius 3 is 0.747 bits per heavy atom. The van der Waals surface area contributed by atoms with Crippen LogP contribution in [0.2, 0.25) is 0 Å². The van der Waals surface area contributed by atoms with E-state index in [0.717, 1.165) is 38.5 Å². The number of allylic oxidation sites excluding steroid dienone is 2. The molecule has 0 saturated heterocycles. The highest BCUT2D eigenvalue weighted by Crippen LogP contribution is 2.21. The van der Waals surface area contributed by atoms with Gasteiger partial charge in [-0.05, 0) is 51.4 Å². The third-order valence-corrected chi connectivity index (χ3v) is 21.3.